The molecule has 3 N–H and O–H groups in total. The predicted octanol–water partition coefficient (Wildman–Crippen LogP) is 1.21. The zero-order valence-electron chi connectivity index (χ0n) is 8.64. The maximum atomic E-state index is 10.6. The molecule has 0 fully saturated rings. The summed E-state index contributed by atoms with van der Waals surface area (Å²) in [5, 5.41) is 8.72. The lowest BCUT2D eigenvalue weighted by atomic mass is 9.96. The van der Waals surface area contributed by atoms with E-state index in [2.05, 4.69) is 0 Å². The van der Waals surface area contributed by atoms with Gasteiger partial charge in [0.15, 0.2) is 0 Å². The molecule has 0 aliphatic heterocycles. The lowest BCUT2D eigenvalue weighted by Crippen LogP contribution is -2.16. The molecule has 4 nitrogen and oxygen atoms in total. The van der Waals surface area contributed by atoms with Gasteiger partial charge in [0.05, 0.1) is 13.5 Å². The average Bonchev–Trinajstić information content (AvgIpc) is 2.25. The van der Waals surface area contributed by atoms with Crippen LogP contribution >= 0.6 is 0 Å². The van der Waals surface area contributed by atoms with E-state index >= 15 is 0 Å². The Morgan fingerprint density at radius 2 is 2.33 bits per heavy atom. The number of carboxylic acids is 1. The standard InChI is InChI=1S/C11H15NO3/c1-15-10-4-2-3-8(5-10)9(7-12)6-11(13)14/h2-5,9H,6-7,12H2,1H3,(H,13,14). The minimum Gasteiger partial charge on any atom is -0.497 e. The zero-order chi connectivity index (χ0) is 11.3. The summed E-state index contributed by atoms with van der Waals surface area (Å²) in [7, 11) is 1.58. The second-order valence-electron chi connectivity index (χ2n) is 3.31. The molecule has 1 rings (SSSR count). The number of rotatable bonds is 5. The van der Waals surface area contributed by atoms with E-state index in [9.17, 15) is 4.79 Å². The highest BCUT2D eigenvalue weighted by Gasteiger charge is 2.14. The molecule has 1 atom stereocenters. The van der Waals surface area contributed by atoms with E-state index in [1.54, 1.807) is 7.11 Å². The maximum Gasteiger partial charge on any atom is 0.304 e. The third kappa shape index (κ3) is 3.25. The highest BCUT2D eigenvalue weighted by atomic mass is 16.5. The van der Waals surface area contributed by atoms with Crippen LogP contribution in [0.1, 0.15) is 17.9 Å². The summed E-state index contributed by atoms with van der Waals surface area (Å²) in [6.07, 6.45) is 0.0453. The molecule has 0 amide bonds. The average molecular weight is 209 g/mol. The fourth-order valence-corrected chi connectivity index (χ4v) is 1.44. The molecule has 1 aromatic rings. The fraction of sp³-hybridized carbons (Fsp3) is 0.364. The van der Waals surface area contributed by atoms with Crippen molar-refractivity contribution in [3.05, 3.63) is 29.8 Å². The summed E-state index contributed by atoms with van der Waals surface area (Å²) in [5.74, 6) is -0.276. The Morgan fingerprint density at radius 1 is 1.60 bits per heavy atom. The van der Waals surface area contributed by atoms with Crippen LogP contribution in [0.4, 0.5) is 0 Å². The molecule has 0 aliphatic carbocycles. The second-order valence-corrected chi connectivity index (χ2v) is 3.31. The summed E-state index contributed by atoms with van der Waals surface area (Å²) >= 11 is 0. The first-order valence-corrected chi connectivity index (χ1v) is 4.73. The van der Waals surface area contributed by atoms with Crippen molar-refractivity contribution in [3.8, 4) is 5.75 Å². The van der Waals surface area contributed by atoms with Gasteiger partial charge in [-0.3, -0.25) is 4.79 Å². The molecule has 0 spiro atoms. The molecule has 0 radical (unpaired) electrons. The van der Waals surface area contributed by atoms with E-state index in [0.29, 0.717) is 6.54 Å². The fourth-order valence-electron chi connectivity index (χ4n) is 1.44. The van der Waals surface area contributed by atoms with Crippen molar-refractivity contribution >= 4 is 5.97 Å². The minimum absolute atomic E-state index is 0.0453. The van der Waals surface area contributed by atoms with Gasteiger partial charge in [-0.2, -0.15) is 0 Å². The Hall–Kier alpha value is -1.55. The smallest absolute Gasteiger partial charge is 0.304 e. The summed E-state index contributed by atoms with van der Waals surface area (Å²) in [5.41, 5.74) is 6.44. The first-order valence-electron chi connectivity index (χ1n) is 4.73. The van der Waals surface area contributed by atoms with Crippen LogP contribution in [0.2, 0.25) is 0 Å². The van der Waals surface area contributed by atoms with Crippen LogP contribution in [-0.4, -0.2) is 24.7 Å². The van der Waals surface area contributed by atoms with E-state index in [0.717, 1.165) is 11.3 Å². The van der Waals surface area contributed by atoms with E-state index < -0.39 is 5.97 Å². The van der Waals surface area contributed by atoms with Gasteiger partial charge in [0, 0.05) is 5.92 Å². The Labute approximate surface area is 88.7 Å². The van der Waals surface area contributed by atoms with Crippen molar-refractivity contribution < 1.29 is 14.6 Å². The summed E-state index contributed by atoms with van der Waals surface area (Å²) in [4.78, 5) is 10.6. The van der Waals surface area contributed by atoms with Gasteiger partial charge < -0.3 is 15.6 Å². The lowest BCUT2D eigenvalue weighted by molar-refractivity contribution is -0.137. The molecule has 0 heterocycles. The van der Waals surface area contributed by atoms with E-state index in [1.807, 2.05) is 24.3 Å². The number of aliphatic carboxylic acids is 1. The first-order chi connectivity index (χ1) is 7.17. The number of nitrogens with two attached hydrogens (primary N) is 1. The van der Waals surface area contributed by atoms with Gasteiger partial charge in [-0.05, 0) is 24.2 Å². The number of hydrogen-bond acceptors (Lipinski definition) is 3. The van der Waals surface area contributed by atoms with E-state index in [-0.39, 0.29) is 12.3 Å². The van der Waals surface area contributed by atoms with Crippen molar-refractivity contribution in [3.63, 3.8) is 0 Å². The largest absolute Gasteiger partial charge is 0.497 e. The molecule has 4 heteroatoms. The quantitative estimate of drug-likeness (QED) is 0.764. The summed E-state index contributed by atoms with van der Waals surface area (Å²) in [6.45, 7) is 0.319. The van der Waals surface area contributed by atoms with Crippen molar-refractivity contribution in [2.75, 3.05) is 13.7 Å². The van der Waals surface area contributed by atoms with Crippen molar-refractivity contribution in [2.24, 2.45) is 5.73 Å². The summed E-state index contributed by atoms with van der Waals surface area (Å²) in [6, 6.07) is 7.33. The molecule has 0 saturated heterocycles. The SMILES string of the molecule is COc1cccc(C(CN)CC(=O)O)c1. The molecule has 0 saturated carbocycles. The number of ether oxygens (including phenoxy) is 1. The van der Waals surface area contributed by atoms with Crippen molar-refractivity contribution in [1.82, 2.24) is 0 Å². The van der Waals surface area contributed by atoms with Crippen molar-refractivity contribution in [2.45, 2.75) is 12.3 Å². The van der Waals surface area contributed by atoms with Gasteiger partial charge in [0.1, 0.15) is 5.75 Å². The van der Waals surface area contributed by atoms with Crippen LogP contribution < -0.4 is 10.5 Å². The minimum atomic E-state index is -0.840. The molecular weight excluding hydrogens is 194 g/mol. The number of carbonyl (C=O) groups is 1. The Bertz CT molecular complexity index is 338. The van der Waals surface area contributed by atoms with Crippen LogP contribution in [0.3, 0.4) is 0 Å². The second kappa shape index (κ2) is 5.36. The van der Waals surface area contributed by atoms with Gasteiger partial charge in [-0.1, -0.05) is 12.1 Å². The molecule has 0 aromatic heterocycles. The first kappa shape index (κ1) is 11.5. The molecule has 1 aromatic carbocycles. The van der Waals surface area contributed by atoms with Crippen LogP contribution in [0.25, 0.3) is 0 Å². The van der Waals surface area contributed by atoms with Gasteiger partial charge in [0.2, 0.25) is 0 Å². The van der Waals surface area contributed by atoms with Gasteiger partial charge in [-0.25, -0.2) is 0 Å². The Kier molecular flexibility index (Phi) is 4.12. The third-order valence-electron chi connectivity index (χ3n) is 2.27. The summed E-state index contributed by atoms with van der Waals surface area (Å²) < 4.78 is 5.07. The maximum absolute atomic E-state index is 10.6. The lowest BCUT2D eigenvalue weighted by Gasteiger charge is -2.13. The number of carboxylic acid groups (broad SMARTS) is 1. The highest BCUT2D eigenvalue weighted by molar-refractivity contribution is 5.68. The number of methoxy groups -OCH3 is 1. The van der Waals surface area contributed by atoms with Crippen LogP contribution in [0, 0.1) is 0 Å². The normalized spacial score (nSPS) is 12.1. The molecule has 82 valence electrons. The Balaban J connectivity index is 2.85. The van der Waals surface area contributed by atoms with E-state index in [4.69, 9.17) is 15.6 Å². The molecule has 0 bridgehead atoms. The van der Waals surface area contributed by atoms with Crippen LogP contribution in [0.15, 0.2) is 24.3 Å². The number of benzene rings is 1. The number of hydrogen-bond donors (Lipinski definition) is 2. The third-order valence-corrected chi connectivity index (χ3v) is 2.27. The molecule has 0 aliphatic rings. The highest BCUT2D eigenvalue weighted by Crippen LogP contribution is 2.22. The zero-order valence-corrected chi connectivity index (χ0v) is 8.64. The molecule has 1 unspecified atom stereocenters. The van der Waals surface area contributed by atoms with Crippen LogP contribution in [-0.2, 0) is 4.79 Å². The van der Waals surface area contributed by atoms with Crippen LogP contribution in [0.5, 0.6) is 5.75 Å². The monoisotopic (exact) mass is 209 g/mol. The van der Waals surface area contributed by atoms with Gasteiger partial charge in [0.25, 0.3) is 0 Å². The topological polar surface area (TPSA) is 72.5 Å². The van der Waals surface area contributed by atoms with Crippen molar-refractivity contribution in [1.29, 1.82) is 0 Å². The molecule has 15 heavy (non-hydrogen) atoms. The van der Waals surface area contributed by atoms with E-state index in [1.165, 1.54) is 0 Å². The Morgan fingerprint density at radius 3 is 2.87 bits per heavy atom. The van der Waals surface area contributed by atoms with Gasteiger partial charge in [-0.15, -0.1) is 0 Å². The predicted molar refractivity (Wildman–Crippen MR) is 57.0 cm³/mol. The van der Waals surface area contributed by atoms with Gasteiger partial charge >= 0.3 is 5.97 Å². The molecular formula is C11H15NO3.